The Morgan fingerprint density at radius 3 is 0.874 bits per heavy atom. The highest BCUT2D eigenvalue weighted by Gasteiger charge is 2.54. The first-order valence-electron chi connectivity index (χ1n) is 33.1. The number of rotatable bonds is 5. The van der Waals surface area contributed by atoms with Crippen molar-refractivity contribution in [2.75, 3.05) is 29.4 Å². The molecule has 14 aromatic rings. The van der Waals surface area contributed by atoms with Crippen LogP contribution in [0.2, 0.25) is 0 Å². The summed E-state index contributed by atoms with van der Waals surface area (Å²) in [5.74, 6) is 1.74. The van der Waals surface area contributed by atoms with Crippen LogP contribution in [0, 0.1) is 0 Å². The molecule has 0 saturated carbocycles. The Balaban J connectivity index is 0.822. The van der Waals surface area contributed by atoms with Gasteiger partial charge in [-0.15, -0.1) is 0 Å². The first-order valence-corrected chi connectivity index (χ1v) is 33.1. The van der Waals surface area contributed by atoms with E-state index in [1.165, 1.54) is 117 Å². The van der Waals surface area contributed by atoms with Crippen LogP contribution < -0.4 is 99.7 Å². The molecule has 0 saturated heterocycles. The van der Waals surface area contributed by atoms with Crippen molar-refractivity contribution in [3.05, 3.63) is 315 Å². The highest BCUT2D eigenvalue weighted by atomic mass is 16.5. The Bertz CT molecular complexity index is 5630. The smallest absolute Gasteiger partial charge is 0.256 e. The molecule has 0 radical (unpaired) electrons. The Kier molecular flexibility index (Phi) is 10.5. The summed E-state index contributed by atoms with van der Waals surface area (Å²) >= 11 is 0. The average Bonchev–Trinajstić information content (AvgIpc) is 0.670. The molecule has 11 heteroatoms. The van der Waals surface area contributed by atoms with E-state index in [1.807, 2.05) is 0 Å². The summed E-state index contributed by atoms with van der Waals surface area (Å²) in [7, 11) is 0. The summed E-state index contributed by atoms with van der Waals surface area (Å²) in [5, 5.41) is 0. The van der Waals surface area contributed by atoms with Gasteiger partial charge in [0.25, 0.3) is 26.9 Å². The van der Waals surface area contributed by atoms with E-state index in [1.54, 1.807) is 0 Å². The Labute approximate surface area is 552 Å². The minimum absolute atomic E-state index is 0.0751. The summed E-state index contributed by atoms with van der Waals surface area (Å²) < 4.78 is 7.89. The summed E-state index contributed by atoms with van der Waals surface area (Å²) in [5.41, 5.74) is 36.0. The van der Waals surface area contributed by atoms with Crippen molar-refractivity contribution < 1.29 is 4.74 Å². The van der Waals surface area contributed by atoms with E-state index < -0.39 is 0 Å². The van der Waals surface area contributed by atoms with Crippen LogP contribution in [0.3, 0.4) is 0 Å². The predicted molar refractivity (Wildman–Crippen MR) is 400 cm³/mol. The number of fused-ring (bicyclic) bond motifs is 18. The molecular formula is C84H52B4N6O. The van der Waals surface area contributed by atoms with Gasteiger partial charge in [0, 0.05) is 115 Å². The van der Waals surface area contributed by atoms with Crippen molar-refractivity contribution in [3.8, 4) is 11.5 Å². The van der Waals surface area contributed by atoms with E-state index in [2.05, 4.69) is 345 Å². The van der Waals surface area contributed by atoms with Gasteiger partial charge in [-0.1, -0.05) is 188 Å². The van der Waals surface area contributed by atoms with E-state index >= 15 is 0 Å². The molecule has 0 aromatic heterocycles. The normalized spacial score (nSPS) is 14.4. The van der Waals surface area contributed by atoms with E-state index in [-0.39, 0.29) is 26.9 Å². The number of hydrogen-bond donors (Lipinski definition) is 0. The molecule has 8 aliphatic rings. The summed E-state index contributed by atoms with van der Waals surface area (Å²) in [6.45, 7) is -0.501. The second-order valence-corrected chi connectivity index (χ2v) is 26.2. The number of para-hydroxylation sites is 9. The largest absolute Gasteiger partial charge is 0.458 e. The molecule has 14 aromatic carbocycles. The van der Waals surface area contributed by atoms with Gasteiger partial charge in [-0.3, -0.25) is 0 Å². The predicted octanol–water partition coefficient (Wildman–Crippen LogP) is 12.9. The molecule has 0 spiro atoms. The SMILES string of the molecule is c1ccc(N2c3ccccc3B3c4cc5c(cc4N(c4ccccc4)c4cccc2c43)Oc2cc3c4c6c2B5c2ccccc2N6c2cc5c(cc2B4c2ccccc2N3c2ccccc2)B2c3ccccc3N(c3ccccc3)c3cccc(c32)N5c2ccccc2)cc1. The minimum atomic E-state index is -0.187. The van der Waals surface area contributed by atoms with Crippen LogP contribution in [-0.2, 0) is 0 Å². The van der Waals surface area contributed by atoms with Crippen molar-refractivity contribution >= 4 is 195 Å². The fourth-order valence-electron chi connectivity index (χ4n) is 18.1. The fourth-order valence-corrected chi connectivity index (χ4v) is 18.1. The van der Waals surface area contributed by atoms with Crippen molar-refractivity contribution in [2.24, 2.45) is 0 Å². The van der Waals surface area contributed by atoms with Crippen molar-refractivity contribution in [1.29, 1.82) is 0 Å². The minimum Gasteiger partial charge on any atom is -0.458 e. The van der Waals surface area contributed by atoms with Gasteiger partial charge in [0.15, 0.2) is 0 Å². The molecule has 95 heavy (non-hydrogen) atoms. The lowest BCUT2D eigenvalue weighted by atomic mass is 9.27. The monoisotopic (exact) mass is 1200 g/mol. The summed E-state index contributed by atoms with van der Waals surface area (Å²) in [4.78, 5) is 15.2. The quantitative estimate of drug-likeness (QED) is 0.159. The van der Waals surface area contributed by atoms with Gasteiger partial charge in [-0.25, -0.2) is 0 Å². The maximum absolute atomic E-state index is 7.89. The summed E-state index contributed by atoms with van der Waals surface area (Å²) in [6, 6.07) is 118. The number of hydrogen-bond acceptors (Lipinski definition) is 7. The lowest BCUT2D eigenvalue weighted by molar-refractivity contribution is 0.488. The van der Waals surface area contributed by atoms with Gasteiger partial charge in [-0.05, 0) is 181 Å². The number of ether oxygens (including phenoxy) is 1. The topological polar surface area (TPSA) is 28.7 Å². The maximum atomic E-state index is 7.89. The van der Waals surface area contributed by atoms with Crippen LogP contribution in [0.5, 0.6) is 11.5 Å². The highest BCUT2D eigenvalue weighted by Crippen LogP contribution is 2.52. The molecule has 0 N–H and O–H groups in total. The van der Waals surface area contributed by atoms with Crippen molar-refractivity contribution in [2.45, 2.75) is 0 Å². The van der Waals surface area contributed by atoms with Gasteiger partial charge >= 0.3 is 0 Å². The standard InChI is InChI=1S/C84H52B4N6O/c1-6-26-53(27-7-1)89-66-40-20-16-36-58(66)85-62-48-63-75(50-74(62)92(56-32-12-4-13-33-56)72-46-24-44-70(89)80(72)85)94-69-43-23-19-39-61(69)88-65-49-64-76(51-78(65)95-79-52-77-82(84(94)83(79)88)87(63)60-38-18-22-42-68(60)91(77)55-30-10-3-11-31-55)93(57-34-14-5-15-35-57)73-47-25-45-71-81(73)86(64)59-37-17-21-41-67(59)90(71)54-28-8-2-9-29-54/h1-52H. The van der Waals surface area contributed by atoms with Gasteiger partial charge in [-0.2, -0.15) is 0 Å². The second-order valence-electron chi connectivity index (χ2n) is 26.2. The van der Waals surface area contributed by atoms with Gasteiger partial charge in [0.1, 0.15) is 11.5 Å². The van der Waals surface area contributed by atoms with Crippen LogP contribution in [0.4, 0.5) is 102 Å². The number of anilines is 18. The lowest BCUT2D eigenvalue weighted by Crippen LogP contribution is -2.69. The highest BCUT2D eigenvalue weighted by molar-refractivity contribution is 7.06. The third-order valence-corrected chi connectivity index (χ3v) is 21.6. The Morgan fingerprint density at radius 2 is 0.463 bits per heavy atom. The van der Waals surface area contributed by atoms with Crippen molar-refractivity contribution in [3.63, 3.8) is 0 Å². The Morgan fingerprint density at radius 1 is 0.179 bits per heavy atom. The van der Waals surface area contributed by atoms with Crippen molar-refractivity contribution in [1.82, 2.24) is 0 Å². The van der Waals surface area contributed by atoms with Crippen LogP contribution in [0.1, 0.15) is 0 Å². The fraction of sp³-hybridized carbons (Fsp3) is 0. The van der Waals surface area contributed by atoms with Crippen LogP contribution in [-0.4, -0.2) is 26.9 Å². The molecule has 0 atom stereocenters. The molecule has 7 nitrogen and oxygen atoms in total. The van der Waals surface area contributed by atoms with Gasteiger partial charge < -0.3 is 34.1 Å². The number of benzene rings is 14. The van der Waals surface area contributed by atoms with Crippen LogP contribution in [0.15, 0.2) is 315 Å². The number of nitrogens with zero attached hydrogens (tertiary/aromatic N) is 6. The third-order valence-electron chi connectivity index (χ3n) is 21.6. The lowest BCUT2D eigenvalue weighted by Gasteiger charge is -2.50. The molecule has 0 aliphatic carbocycles. The van der Waals surface area contributed by atoms with E-state index in [4.69, 9.17) is 4.74 Å². The van der Waals surface area contributed by atoms with E-state index in [0.717, 1.165) is 62.7 Å². The molecular weight excluding hydrogens is 1150 g/mol. The second kappa shape index (κ2) is 19.3. The third kappa shape index (κ3) is 6.88. The molecule has 0 fully saturated rings. The van der Waals surface area contributed by atoms with E-state index in [9.17, 15) is 0 Å². The Hall–Kier alpha value is -12.1. The zero-order valence-corrected chi connectivity index (χ0v) is 51.4. The summed E-state index contributed by atoms with van der Waals surface area (Å²) in [6.07, 6.45) is 0. The zero-order chi connectivity index (χ0) is 61.7. The molecule has 0 unspecified atom stereocenters. The van der Waals surface area contributed by atoms with Gasteiger partial charge in [0.2, 0.25) is 0 Å². The molecule has 8 heterocycles. The first-order chi connectivity index (χ1) is 47.2. The molecule has 436 valence electrons. The van der Waals surface area contributed by atoms with Crippen LogP contribution >= 0.6 is 0 Å². The molecule has 8 aliphatic heterocycles. The molecule has 0 bridgehead atoms. The molecule has 22 rings (SSSR count). The van der Waals surface area contributed by atoms with Crippen LogP contribution in [0.25, 0.3) is 0 Å². The zero-order valence-electron chi connectivity index (χ0n) is 51.4. The molecule has 0 amide bonds. The maximum Gasteiger partial charge on any atom is 0.256 e. The van der Waals surface area contributed by atoms with E-state index in [0.29, 0.717) is 0 Å². The van der Waals surface area contributed by atoms with Gasteiger partial charge in [0.05, 0.1) is 0 Å². The average molecular weight is 1200 g/mol. The first kappa shape index (κ1) is 51.5.